The van der Waals surface area contributed by atoms with Crippen LogP contribution in [0.5, 0.6) is 0 Å². The van der Waals surface area contributed by atoms with Gasteiger partial charge in [0.25, 0.3) is 0 Å². The minimum absolute atomic E-state index is 0.0198. The number of hydrogen-bond acceptors (Lipinski definition) is 6. The monoisotopic (exact) mass is 400 g/mol. The zero-order valence-corrected chi connectivity index (χ0v) is 17.2. The number of sulfone groups is 1. The number of thiazole rings is 1. The topological polar surface area (TPSA) is 77.0 Å². The highest BCUT2D eigenvalue weighted by Crippen LogP contribution is 2.29. The molecular weight excluding hydrogens is 380 g/mol. The Bertz CT molecular complexity index is 879. The van der Waals surface area contributed by atoms with Crippen molar-refractivity contribution in [2.75, 3.05) is 0 Å². The van der Waals surface area contributed by atoms with Crippen molar-refractivity contribution in [3.05, 3.63) is 39.6 Å². The predicted molar refractivity (Wildman–Crippen MR) is 100 cm³/mol. The summed E-state index contributed by atoms with van der Waals surface area (Å²) in [5.41, 5.74) is 0.775. The number of aromatic nitrogens is 2. The summed E-state index contributed by atoms with van der Waals surface area (Å²) in [6, 6.07) is 2.76. The smallest absolute Gasteiger partial charge is 0.192 e. The summed E-state index contributed by atoms with van der Waals surface area (Å²) in [5, 5.41) is 2.72. The molecule has 0 aliphatic heterocycles. The van der Waals surface area contributed by atoms with Gasteiger partial charge in [-0.1, -0.05) is 32.4 Å². The Morgan fingerprint density at radius 3 is 2.32 bits per heavy atom. The minimum Gasteiger partial charge on any atom is -0.297 e. The lowest BCUT2D eigenvalue weighted by molar-refractivity contribution is -0.120. The first kappa shape index (κ1) is 20.0. The van der Waals surface area contributed by atoms with Crippen LogP contribution >= 0.6 is 22.9 Å². The third-order valence-electron chi connectivity index (χ3n) is 3.99. The van der Waals surface area contributed by atoms with Crippen LogP contribution in [0.2, 0.25) is 5.15 Å². The highest BCUT2D eigenvalue weighted by Gasteiger charge is 2.42. The number of Topliss-reactive ketones (excluding diaryl/α,β-unsaturated/α-hetero) is 1. The van der Waals surface area contributed by atoms with Crippen molar-refractivity contribution in [3.8, 4) is 0 Å². The van der Waals surface area contributed by atoms with Crippen molar-refractivity contribution in [2.45, 2.75) is 56.1 Å². The zero-order chi connectivity index (χ0) is 19.0. The second-order valence-electron chi connectivity index (χ2n) is 7.31. The molecule has 2 aromatic rings. The van der Waals surface area contributed by atoms with E-state index in [1.54, 1.807) is 0 Å². The molecule has 2 aromatic heterocycles. The van der Waals surface area contributed by atoms with Crippen LogP contribution in [0, 0.1) is 0 Å². The average molecular weight is 401 g/mol. The van der Waals surface area contributed by atoms with Gasteiger partial charge >= 0.3 is 0 Å². The third-order valence-corrected chi connectivity index (χ3v) is 7.49. The van der Waals surface area contributed by atoms with Gasteiger partial charge in [-0.15, -0.1) is 11.3 Å². The molecule has 5 nitrogen and oxygen atoms in total. The normalized spacial score (nSPS) is 13.0. The maximum Gasteiger partial charge on any atom is 0.192 e. The summed E-state index contributed by atoms with van der Waals surface area (Å²) < 4.78 is 24.1. The number of pyridine rings is 1. The van der Waals surface area contributed by atoms with Crippen molar-refractivity contribution in [1.82, 2.24) is 9.97 Å². The fourth-order valence-corrected chi connectivity index (χ4v) is 4.58. The van der Waals surface area contributed by atoms with Gasteiger partial charge in [-0.05, 0) is 26.0 Å². The Morgan fingerprint density at radius 2 is 1.84 bits per heavy atom. The van der Waals surface area contributed by atoms with Crippen LogP contribution < -0.4 is 0 Å². The molecule has 0 N–H and O–H groups in total. The molecule has 2 rings (SSSR count). The van der Waals surface area contributed by atoms with Crippen LogP contribution in [-0.2, 0) is 26.5 Å². The molecule has 0 unspecified atom stereocenters. The van der Waals surface area contributed by atoms with Crippen molar-refractivity contribution in [3.63, 3.8) is 0 Å². The Morgan fingerprint density at radius 1 is 1.20 bits per heavy atom. The molecule has 0 spiro atoms. The van der Waals surface area contributed by atoms with E-state index in [-0.39, 0.29) is 21.9 Å². The Kier molecular flexibility index (Phi) is 5.42. The zero-order valence-electron chi connectivity index (χ0n) is 14.8. The second-order valence-corrected chi connectivity index (χ2v) is 11.1. The van der Waals surface area contributed by atoms with Gasteiger partial charge in [-0.2, -0.15) is 0 Å². The van der Waals surface area contributed by atoms with E-state index in [1.165, 1.54) is 43.5 Å². The highest BCUT2D eigenvalue weighted by atomic mass is 35.5. The van der Waals surface area contributed by atoms with Crippen LogP contribution in [0.3, 0.4) is 0 Å². The summed E-state index contributed by atoms with van der Waals surface area (Å²) in [5.74, 6) is -0.405. The number of nitrogens with zero attached hydrogens (tertiary/aromatic N) is 2. The molecule has 0 radical (unpaired) electrons. The van der Waals surface area contributed by atoms with Crippen molar-refractivity contribution >= 4 is 38.6 Å². The van der Waals surface area contributed by atoms with Gasteiger partial charge in [0.2, 0.25) is 0 Å². The van der Waals surface area contributed by atoms with Crippen LogP contribution in [0.4, 0.5) is 0 Å². The molecule has 2 heterocycles. The molecule has 0 aliphatic carbocycles. The Labute approximate surface area is 157 Å². The van der Waals surface area contributed by atoms with Crippen LogP contribution in [0.15, 0.2) is 28.6 Å². The van der Waals surface area contributed by atoms with Gasteiger partial charge in [-0.25, -0.2) is 18.4 Å². The number of rotatable bonds is 5. The number of halogens is 1. The van der Waals surface area contributed by atoms with E-state index in [0.717, 1.165) is 5.69 Å². The molecule has 0 amide bonds. The summed E-state index contributed by atoms with van der Waals surface area (Å²) in [4.78, 5) is 21.0. The van der Waals surface area contributed by atoms with E-state index in [2.05, 4.69) is 9.97 Å². The van der Waals surface area contributed by atoms with Gasteiger partial charge in [0.1, 0.15) is 14.9 Å². The van der Waals surface area contributed by atoms with Gasteiger partial charge in [0.05, 0.1) is 17.0 Å². The van der Waals surface area contributed by atoms with Crippen LogP contribution in [0.1, 0.15) is 45.3 Å². The maximum atomic E-state index is 12.8. The SMILES string of the molecule is CC(C)(C)c1csc(CC(=O)C(C)(C)S(=O)(=O)c2ccc(Cl)nc2)n1. The van der Waals surface area contributed by atoms with Crippen LogP contribution in [-0.4, -0.2) is 28.9 Å². The number of hydrogen-bond donors (Lipinski definition) is 0. The fourth-order valence-electron chi connectivity index (χ4n) is 2.05. The molecule has 0 aliphatic rings. The molecule has 136 valence electrons. The first-order chi connectivity index (χ1) is 11.4. The molecule has 0 bridgehead atoms. The molecule has 25 heavy (non-hydrogen) atoms. The lowest BCUT2D eigenvalue weighted by atomic mass is 9.93. The predicted octanol–water partition coefficient (Wildman–Crippen LogP) is 3.85. The maximum absolute atomic E-state index is 12.8. The molecular formula is C17H21ClN2O3S2. The first-order valence-corrected chi connectivity index (χ1v) is 10.4. The van der Waals surface area contributed by atoms with E-state index in [1.807, 2.05) is 26.2 Å². The molecule has 0 aromatic carbocycles. The van der Waals surface area contributed by atoms with Crippen molar-refractivity contribution in [2.24, 2.45) is 0 Å². The van der Waals surface area contributed by atoms with Crippen LogP contribution in [0.25, 0.3) is 0 Å². The number of carbonyl (C=O) groups is 1. The van der Waals surface area contributed by atoms with Crippen molar-refractivity contribution < 1.29 is 13.2 Å². The summed E-state index contributed by atoms with van der Waals surface area (Å²) in [7, 11) is -3.89. The van der Waals surface area contributed by atoms with Gasteiger partial charge < -0.3 is 0 Å². The van der Waals surface area contributed by atoms with E-state index in [9.17, 15) is 13.2 Å². The lowest BCUT2D eigenvalue weighted by Crippen LogP contribution is -2.41. The molecule has 0 saturated heterocycles. The fraction of sp³-hybridized carbons (Fsp3) is 0.471. The van der Waals surface area contributed by atoms with Gasteiger partial charge in [-0.3, -0.25) is 4.79 Å². The van der Waals surface area contributed by atoms with E-state index >= 15 is 0 Å². The average Bonchev–Trinajstić information content (AvgIpc) is 2.96. The second kappa shape index (κ2) is 6.78. The molecule has 8 heteroatoms. The summed E-state index contributed by atoms with van der Waals surface area (Å²) in [6.07, 6.45) is 1.15. The Hall–Kier alpha value is -1.31. The quantitative estimate of drug-likeness (QED) is 0.712. The largest absolute Gasteiger partial charge is 0.297 e. The Balaban J connectivity index is 2.27. The van der Waals surface area contributed by atoms with Gasteiger partial charge in [0, 0.05) is 17.0 Å². The minimum atomic E-state index is -3.89. The van der Waals surface area contributed by atoms with E-state index in [0.29, 0.717) is 5.01 Å². The van der Waals surface area contributed by atoms with Gasteiger partial charge in [0.15, 0.2) is 15.6 Å². The number of carbonyl (C=O) groups excluding carboxylic acids is 1. The summed E-state index contributed by atoms with van der Waals surface area (Å²) >= 11 is 7.08. The van der Waals surface area contributed by atoms with E-state index < -0.39 is 20.4 Å². The molecule has 0 saturated carbocycles. The lowest BCUT2D eigenvalue weighted by Gasteiger charge is -2.23. The van der Waals surface area contributed by atoms with Crippen molar-refractivity contribution in [1.29, 1.82) is 0 Å². The first-order valence-electron chi connectivity index (χ1n) is 7.70. The number of ketones is 1. The third kappa shape index (κ3) is 4.10. The molecule has 0 atom stereocenters. The summed E-state index contributed by atoms with van der Waals surface area (Å²) in [6.45, 7) is 8.94. The molecule has 0 fully saturated rings. The highest BCUT2D eigenvalue weighted by molar-refractivity contribution is 7.93. The standard InChI is InChI=1S/C17H21ClN2O3S2/c1-16(2,3)12-10-24-15(20-12)8-13(21)17(4,5)25(22,23)11-6-7-14(18)19-9-11/h6-7,9-10H,8H2,1-5H3. The van der Waals surface area contributed by atoms with E-state index in [4.69, 9.17) is 11.6 Å².